The van der Waals surface area contributed by atoms with E-state index >= 15 is 0 Å². The molecule has 4 heteroatoms. The van der Waals surface area contributed by atoms with Gasteiger partial charge < -0.3 is 9.84 Å². The number of ketones is 1. The van der Waals surface area contributed by atoms with Crippen molar-refractivity contribution in [3.63, 3.8) is 0 Å². The molecule has 0 aromatic carbocycles. The van der Waals surface area contributed by atoms with Crippen molar-refractivity contribution in [2.24, 2.45) is 22.7 Å². The van der Waals surface area contributed by atoms with Crippen molar-refractivity contribution in [2.75, 3.05) is 13.7 Å². The third-order valence-electron chi connectivity index (χ3n) is 4.61. The lowest BCUT2D eigenvalue weighted by Gasteiger charge is -2.15. The SMILES string of the molecule is CC1(C)CCC(CO)C1.COC(=O)C1CC(C)(C)CC1=O. The van der Waals surface area contributed by atoms with E-state index in [0.717, 1.165) is 0 Å². The monoisotopic (exact) mass is 298 g/mol. The Balaban J connectivity index is 0.000000219. The summed E-state index contributed by atoms with van der Waals surface area (Å²) in [4.78, 5) is 22.4. The van der Waals surface area contributed by atoms with Crippen LogP contribution in [0, 0.1) is 22.7 Å². The lowest BCUT2D eigenvalue weighted by atomic mass is 9.91. The summed E-state index contributed by atoms with van der Waals surface area (Å²) in [7, 11) is 1.32. The summed E-state index contributed by atoms with van der Waals surface area (Å²) in [5.74, 6) is -0.276. The Morgan fingerprint density at radius 2 is 1.86 bits per heavy atom. The number of aliphatic hydroxyl groups excluding tert-OH is 1. The van der Waals surface area contributed by atoms with Crippen molar-refractivity contribution in [1.29, 1.82) is 0 Å². The highest BCUT2D eigenvalue weighted by Crippen LogP contribution is 2.40. The Hall–Kier alpha value is -0.900. The van der Waals surface area contributed by atoms with Gasteiger partial charge in [0.25, 0.3) is 0 Å². The number of carbonyl (C=O) groups excluding carboxylic acids is 2. The topological polar surface area (TPSA) is 63.6 Å². The van der Waals surface area contributed by atoms with Gasteiger partial charge in [0, 0.05) is 13.0 Å². The number of hydrogen-bond acceptors (Lipinski definition) is 4. The molecule has 2 atom stereocenters. The van der Waals surface area contributed by atoms with Gasteiger partial charge in [-0.3, -0.25) is 9.59 Å². The third kappa shape index (κ3) is 5.42. The average Bonchev–Trinajstić information content (AvgIpc) is 2.87. The zero-order valence-corrected chi connectivity index (χ0v) is 14.1. The van der Waals surface area contributed by atoms with Crippen LogP contribution in [-0.2, 0) is 14.3 Å². The molecule has 2 aliphatic carbocycles. The first-order valence-electron chi connectivity index (χ1n) is 7.81. The molecule has 0 saturated heterocycles. The first-order chi connectivity index (χ1) is 9.60. The number of carbonyl (C=O) groups is 2. The molecule has 0 aromatic rings. The lowest BCUT2D eigenvalue weighted by Crippen LogP contribution is -2.19. The molecule has 4 nitrogen and oxygen atoms in total. The molecular weight excluding hydrogens is 268 g/mol. The fourth-order valence-electron chi connectivity index (χ4n) is 3.43. The number of esters is 1. The van der Waals surface area contributed by atoms with E-state index in [0.29, 0.717) is 30.8 Å². The number of rotatable bonds is 2. The van der Waals surface area contributed by atoms with Gasteiger partial charge in [-0.15, -0.1) is 0 Å². The van der Waals surface area contributed by atoms with Gasteiger partial charge in [0.15, 0.2) is 0 Å². The van der Waals surface area contributed by atoms with Crippen LogP contribution in [0.1, 0.15) is 59.8 Å². The first kappa shape index (κ1) is 18.1. The molecule has 0 radical (unpaired) electrons. The lowest BCUT2D eigenvalue weighted by molar-refractivity contribution is -0.148. The predicted octanol–water partition coefficient (Wildman–Crippen LogP) is 2.97. The van der Waals surface area contributed by atoms with E-state index < -0.39 is 5.92 Å². The zero-order valence-electron chi connectivity index (χ0n) is 14.1. The van der Waals surface area contributed by atoms with Crippen molar-refractivity contribution >= 4 is 11.8 Å². The van der Waals surface area contributed by atoms with Crippen molar-refractivity contribution in [3.05, 3.63) is 0 Å². The molecule has 0 bridgehead atoms. The van der Waals surface area contributed by atoms with Gasteiger partial charge in [-0.25, -0.2) is 0 Å². The standard InChI is InChI=1S/C9H14O3.C8H16O/c1-9(2)4-6(7(10)5-9)8(11)12-3;1-8(2)4-3-7(5-8)6-9/h6H,4-5H2,1-3H3;7,9H,3-6H2,1-2H3. The summed E-state index contributed by atoms with van der Waals surface area (Å²) in [6.45, 7) is 8.94. The second kappa shape index (κ2) is 6.91. The molecule has 2 aliphatic rings. The van der Waals surface area contributed by atoms with Gasteiger partial charge in [-0.2, -0.15) is 0 Å². The van der Waals surface area contributed by atoms with E-state index in [4.69, 9.17) is 5.11 Å². The third-order valence-corrected chi connectivity index (χ3v) is 4.61. The smallest absolute Gasteiger partial charge is 0.316 e. The summed E-state index contributed by atoms with van der Waals surface area (Å²) >= 11 is 0. The highest BCUT2D eigenvalue weighted by atomic mass is 16.5. The van der Waals surface area contributed by atoms with Crippen molar-refractivity contribution in [1.82, 2.24) is 0 Å². The van der Waals surface area contributed by atoms with Gasteiger partial charge in [0.2, 0.25) is 0 Å². The molecule has 2 unspecified atom stereocenters. The summed E-state index contributed by atoms with van der Waals surface area (Å²) in [6.07, 6.45) is 4.84. The molecule has 0 heterocycles. The van der Waals surface area contributed by atoms with E-state index in [-0.39, 0.29) is 17.2 Å². The second-order valence-electron chi connectivity index (χ2n) is 8.04. The molecule has 0 amide bonds. The minimum atomic E-state index is -0.509. The Bertz CT molecular complexity index is 384. The zero-order chi connectivity index (χ0) is 16.3. The minimum absolute atomic E-state index is 0.0202. The van der Waals surface area contributed by atoms with Crippen LogP contribution < -0.4 is 0 Å². The molecule has 0 spiro atoms. The van der Waals surface area contributed by atoms with Gasteiger partial charge in [-0.05, 0) is 42.4 Å². The van der Waals surface area contributed by atoms with Crippen LogP contribution in [0.3, 0.4) is 0 Å². The summed E-state index contributed by atoms with van der Waals surface area (Å²) in [5.41, 5.74) is 0.476. The summed E-state index contributed by atoms with van der Waals surface area (Å²) in [5, 5.41) is 8.80. The summed E-state index contributed by atoms with van der Waals surface area (Å²) in [6, 6.07) is 0. The minimum Gasteiger partial charge on any atom is -0.468 e. The molecule has 122 valence electrons. The van der Waals surface area contributed by atoms with Gasteiger partial charge >= 0.3 is 5.97 Å². The number of hydrogen-bond donors (Lipinski definition) is 1. The quantitative estimate of drug-likeness (QED) is 0.629. The van der Waals surface area contributed by atoms with Crippen LogP contribution in [0.5, 0.6) is 0 Å². The van der Waals surface area contributed by atoms with Crippen LogP contribution in [0.4, 0.5) is 0 Å². The molecule has 1 N–H and O–H groups in total. The van der Waals surface area contributed by atoms with Crippen molar-refractivity contribution in [2.45, 2.75) is 59.8 Å². The molecule has 0 aromatic heterocycles. The maximum Gasteiger partial charge on any atom is 0.316 e. The maximum atomic E-state index is 11.3. The molecular formula is C17H30O4. The second-order valence-corrected chi connectivity index (χ2v) is 8.04. The Labute approximate surface area is 128 Å². The summed E-state index contributed by atoms with van der Waals surface area (Å²) < 4.78 is 4.54. The molecule has 2 rings (SSSR count). The number of Topliss-reactive ketones (excluding diaryl/α,β-unsaturated/α-hetero) is 1. The van der Waals surface area contributed by atoms with Gasteiger partial charge in [-0.1, -0.05) is 27.7 Å². The molecule has 0 aliphatic heterocycles. The van der Waals surface area contributed by atoms with Gasteiger partial charge in [0.05, 0.1) is 7.11 Å². The van der Waals surface area contributed by atoms with E-state index in [1.807, 2.05) is 13.8 Å². The Morgan fingerprint density at radius 1 is 1.24 bits per heavy atom. The van der Waals surface area contributed by atoms with Crippen LogP contribution in [-0.4, -0.2) is 30.6 Å². The highest BCUT2D eigenvalue weighted by molar-refractivity contribution is 6.00. The highest BCUT2D eigenvalue weighted by Gasteiger charge is 2.42. The van der Waals surface area contributed by atoms with Crippen LogP contribution in [0.15, 0.2) is 0 Å². The van der Waals surface area contributed by atoms with Crippen LogP contribution in [0.25, 0.3) is 0 Å². The fourth-order valence-corrected chi connectivity index (χ4v) is 3.43. The van der Waals surface area contributed by atoms with Gasteiger partial charge in [0.1, 0.15) is 11.7 Å². The fraction of sp³-hybridized carbons (Fsp3) is 0.882. The number of ether oxygens (including phenoxy) is 1. The predicted molar refractivity (Wildman–Crippen MR) is 81.7 cm³/mol. The van der Waals surface area contributed by atoms with E-state index in [1.165, 1.54) is 26.4 Å². The average molecular weight is 298 g/mol. The molecule has 2 saturated carbocycles. The largest absolute Gasteiger partial charge is 0.468 e. The Kier molecular flexibility index (Phi) is 5.97. The van der Waals surface area contributed by atoms with Crippen LogP contribution >= 0.6 is 0 Å². The van der Waals surface area contributed by atoms with Crippen LogP contribution in [0.2, 0.25) is 0 Å². The Morgan fingerprint density at radius 3 is 2.14 bits per heavy atom. The number of aliphatic hydroxyl groups is 1. The number of methoxy groups -OCH3 is 1. The van der Waals surface area contributed by atoms with Crippen molar-refractivity contribution < 1.29 is 19.4 Å². The molecule has 2 fully saturated rings. The van der Waals surface area contributed by atoms with E-state index in [2.05, 4.69) is 18.6 Å². The van der Waals surface area contributed by atoms with Crippen molar-refractivity contribution in [3.8, 4) is 0 Å². The van der Waals surface area contributed by atoms with E-state index in [9.17, 15) is 9.59 Å². The normalized spacial score (nSPS) is 29.7. The first-order valence-corrected chi connectivity index (χ1v) is 7.81. The molecule has 21 heavy (non-hydrogen) atoms. The van der Waals surface area contributed by atoms with E-state index in [1.54, 1.807) is 0 Å². The maximum absolute atomic E-state index is 11.3.